The molecule has 4 rings (SSSR count). The van der Waals surface area contributed by atoms with Crippen molar-refractivity contribution in [3.05, 3.63) is 97.1 Å². The Bertz CT molecular complexity index is 1160. The minimum Gasteiger partial charge on any atom is -0.279 e. The third-order valence-corrected chi connectivity index (χ3v) is 5.72. The Hall–Kier alpha value is -3.11. The van der Waals surface area contributed by atoms with Crippen molar-refractivity contribution in [1.82, 2.24) is 0 Å². The zero-order valence-electron chi connectivity index (χ0n) is 14.0. The van der Waals surface area contributed by atoms with Crippen LogP contribution in [0.4, 0.5) is 5.69 Å². The Kier molecular flexibility index (Phi) is 4.19. The normalized spacial score (nSPS) is 11.4. The number of sulfonamides is 1. The van der Waals surface area contributed by atoms with Gasteiger partial charge in [-0.15, -0.1) is 0 Å². The van der Waals surface area contributed by atoms with Crippen molar-refractivity contribution in [1.29, 1.82) is 0 Å². The quantitative estimate of drug-likeness (QED) is 0.537. The summed E-state index contributed by atoms with van der Waals surface area (Å²) in [4.78, 5) is 0.276. The molecule has 0 bridgehead atoms. The van der Waals surface area contributed by atoms with Crippen molar-refractivity contribution < 1.29 is 8.42 Å². The molecule has 128 valence electrons. The van der Waals surface area contributed by atoms with Crippen LogP contribution in [-0.4, -0.2) is 8.42 Å². The number of para-hydroxylation sites is 1. The largest absolute Gasteiger partial charge is 0.279 e. The van der Waals surface area contributed by atoms with Crippen LogP contribution in [0.25, 0.3) is 21.9 Å². The third-order valence-electron chi connectivity index (χ3n) is 4.30. The summed E-state index contributed by atoms with van der Waals surface area (Å²) in [6, 6.07) is 29.9. The van der Waals surface area contributed by atoms with Crippen molar-refractivity contribution >= 4 is 26.5 Å². The van der Waals surface area contributed by atoms with Crippen LogP contribution in [0.15, 0.2) is 102 Å². The van der Waals surface area contributed by atoms with E-state index in [4.69, 9.17) is 0 Å². The van der Waals surface area contributed by atoms with E-state index in [0.717, 1.165) is 16.5 Å². The van der Waals surface area contributed by atoms with E-state index in [9.17, 15) is 8.42 Å². The molecule has 4 aromatic carbocycles. The van der Waals surface area contributed by atoms with Gasteiger partial charge in [0, 0.05) is 10.9 Å². The number of fused-ring (bicyclic) bond motifs is 1. The molecule has 0 amide bonds. The molecule has 3 nitrogen and oxygen atoms in total. The van der Waals surface area contributed by atoms with Gasteiger partial charge in [0.25, 0.3) is 10.0 Å². The molecule has 4 aromatic rings. The first-order valence-corrected chi connectivity index (χ1v) is 9.78. The molecule has 26 heavy (non-hydrogen) atoms. The van der Waals surface area contributed by atoms with E-state index in [1.165, 1.54) is 0 Å². The lowest BCUT2D eigenvalue weighted by molar-refractivity contribution is 0.602. The minimum atomic E-state index is -3.72. The second-order valence-electron chi connectivity index (χ2n) is 5.99. The van der Waals surface area contributed by atoms with E-state index in [1.54, 1.807) is 18.2 Å². The average Bonchev–Trinajstić information content (AvgIpc) is 2.68. The molecule has 0 spiro atoms. The van der Waals surface area contributed by atoms with Crippen LogP contribution in [0, 0.1) is 0 Å². The van der Waals surface area contributed by atoms with E-state index in [-0.39, 0.29) is 4.90 Å². The summed E-state index contributed by atoms with van der Waals surface area (Å²) in [7, 11) is -3.72. The molecular weight excluding hydrogens is 342 g/mol. The Morgan fingerprint density at radius 1 is 0.615 bits per heavy atom. The number of rotatable bonds is 4. The SMILES string of the molecule is O=S(=O)(Nc1ccccc1-c1ccccc1)c1cccc2ccccc12. The standard InChI is InChI=1S/C22H17NO2S/c24-26(25,22-16-8-12-18-11-4-5-14-20(18)22)23-21-15-7-6-13-19(21)17-9-2-1-3-10-17/h1-16,23H. The van der Waals surface area contributed by atoms with Gasteiger partial charge in [-0.05, 0) is 23.1 Å². The summed E-state index contributed by atoms with van der Waals surface area (Å²) in [6.07, 6.45) is 0. The van der Waals surface area contributed by atoms with Crippen LogP contribution >= 0.6 is 0 Å². The van der Waals surface area contributed by atoms with E-state index in [1.807, 2.05) is 78.9 Å². The molecule has 0 aliphatic carbocycles. The highest BCUT2D eigenvalue weighted by Crippen LogP contribution is 2.31. The lowest BCUT2D eigenvalue weighted by Crippen LogP contribution is -2.14. The van der Waals surface area contributed by atoms with Crippen LogP contribution in [0.2, 0.25) is 0 Å². The molecule has 0 aromatic heterocycles. The second kappa shape index (κ2) is 6.65. The predicted molar refractivity (Wildman–Crippen MR) is 107 cm³/mol. The van der Waals surface area contributed by atoms with Gasteiger partial charge in [0.05, 0.1) is 10.6 Å². The first-order valence-electron chi connectivity index (χ1n) is 8.30. The molecule has 1 N–H and O–H groups in total. The highest BCUT2D eigenvalue weighted by Gasteiger charge is 2.18. The molecule has 0 fully saturated rings. The molecule has 0 radical (unpaired) electrons. The molecule has 0 heterocycles. The fraction of sp³-hybridized carbons (Fsp3) is 0. The van der Waals surface area contributed by atoms with Gasteiger partial charge in [-0.25, -0.2) is 8.42 Å². The van der Waals surface area contributed by atoms with Gasteiger partial charge in [-0.1, -0.05) is 84.9 Å². The van der Waals surface area contributed by atoms with E-state index in [0.29, 0.717) is 11.1 Å². The van der Waals surface area contributed by atoms with Gasteiger partial charge < -0.3 is 0 Å². The van der Waals surface area contributed by atoms with E-state index in [2.05, 4.69) is 4.72 Å². The molecule has 0 atom stereocenters. The summed E-state index contributed by atoms with van der Waals surface area (Å²) in [5.74, 6) is 0. The molecular formula is C22H17NO2S. The Balaban J connectivity index is 1.80. The predicted octanol–water partition coefficient (Wildman–Crippen LogP) is 5.31. The van der Waals surface area contributed by atoms with Gasteiger partial charge in [0.1, 0.15) is 0 Å². The van der Waals surface area contributed by atoms with E-state index >= 15 is 0 Å². The van der Waals surface area contributed by atoms with Crippen molar-refractivity contribution in [3.8, 4) is 11.1 Å². The molecule has 0 aliphatic heterocycles. The maximum atomic E-state index is 13.1. The van der Waals surface area contributed by atoms with Crippen LogP contribution in [0.1, 0.15) is 0 Å². The highest BCUT2D eigenvalue weighted by molar-refractivity contribution is 7.93. The number of anilines is 1. The van der Waals surface area contributed by atoms with Crippen LogP contribution in [0.5, 0.6) is 0 Å². The number of hydrogen-bond acceptors (Lipinski definition) is 2. The fourth-order valence-corrected chi connectivity index (χ4v) is 4.38. The Labute approximate surface area is 153 Å². The van der Waals surface area contributed by atoms with Gasteiger partial charge in [0.15, 0.2) is 0 Å². The smallest absolute Gasteiger partial charge is 0.262 e. The Morgan fingerprint density at radius 3 is 2.12 bits per heavy atom. The summed E-state index contributed by atoms with van der Waals surface area (Å²) >= 11 is 0. The lowest BCUT2D eigenvalue weighted by Gasteiger charge is -2.14. The first kappa shape index (κ1) is 16.4. The Morgan fingerprint density at radius 2 is 1.27 bits per heavy atom. The monoisotopic (exact) mass is 359 g/mol. The third kappa shape index (κ3) is 3.07. The fourth-order valence-electron chi connectivity index (χ4n) is 3.07. The highest BCUT2D eigenvalue weighted by atomic mass is 32.2. The topological polar surface area (TPSA) is 46.2 Å². The van der Waals surface area contributed by atoms with Crippen molar-refractivity contribution in [2.45, 2.75) is 4.90 Å². The second-order valence-corrected chi connectivity index (χ2v) is 7.65. The van der Waals surface area contributed by atoms with Crippen molar-refractivity contribution in [2.75, 3.05) is 4.72 Å². The number of benzene rings is 4. The number of nitrogens with one attached hydrogen (secondary N) is 1. The maximum absolute atomic E-state index is 13.1. The zero-order valence-corrected chi connectivity index (χ0v) is 14.8. The van der Waals surface area contributed by atoms with E-state index < -0.39 is 10.0 Å². The lowest BCUT2D eigenvalue weighted by atomic mass is 10.0. The van der Waals surface area contributed by atoms with Crippen molar-refractivity contribution in [2.24, 2.45) is 0 Å². The summed E-state index contributed by atoms with van der Waals surface area (Å²) in [5.41, 5.74) is 2.37. The zero-order chi connectivity index (χ0) is 18.0. The average molecular weight is 359 g/mol. The molecule has 4 heteroatoms. The molecule has 0 saturated carbocycles. The van der Waals surface area contributed by atoms with Crippen LogP contribution in [0.3, 0.4) is 0 Å². The van der Waals surface area contributed by atoms with Gasteiger partial charge in [0.2, 0.25) is 0 Å². The van der Waals surface area contributed by atoms with Gasteiger partial charge in [-0.3, -0.25) is 4.72 Å². The summed E-state index contributed by atoms with van der Waals surface area (Å²) in [6.45, 7) is 0. The van der Waals surface area contributed by atoms with Crippen LogP contribution < -0.4 is 4.72 Å². The minimum absolute atomic E-state index is 0.276. The van der Waals surface area contributed by atoms with Crippen LogP contribution in [-0.2, 0) is 10.0 Å². The number of hydrogen-bond donors (Lipinski definition) is 1. The maximum Gasteiger partial charge on any atom is 0.262 e. The molecule has 0 saturated heterocycles. The summed E-state index contributed by atoms with van der Waals surface area (Å²) < 4.78 is 28.9. The van der Waals surface area contributed by atoms with Gasteiger partial charge in [-0.2, -0.15) is 0 Å². The summed E-state index contributed by atoms with van der Waals surface area (Å²) in [5, 5.41) is 1.60. The molecule has 0 unspecified atom stereocenters. The first-order chi connectivity index (χ1) is 12.6. The van der Waals surface area contributed by atoms with Crippen molar-refractivity contribution in [3.63, 3.8) is 0 Å². The van der Waals surface area contributed by atoms with Gasteiger partial charge >= 0.3 is 0 Å². The molecule has 0 aliphatic rings.